The van der Waals surface area contributed by atoms with Crippen LogP contribution in [0.15, 0.2) is 24.3 Å². The lowest BCUT2D eigenvalue weighted by molar-refractivity contribution is -0.144. The number of nitrogens with zero attached hydrogens (tertiary/aromatic N) is 2. The Morgan fingerprint density at radius 1 is 1.23 bits per heavy atom. The Bertz CT molecular complexity index is 761. The van der Waals surface area contributed by atoms with Crippen LogP contribution >= 0.6 is 11.6 Å². The van der Waals surface area contributed by atoms with Gasteiger partial charge in [0.1, 0.15) is 6.54 Å². The molecule has 8 heteroatoms. The van der Waals surface area contributed by atoms with Crippen LogP contribution in [-0.4, -0.2) is 46.1 Å². The third-order valence-electron chi connectivity index (χ3n) is 4.80. The Kier molecular flexibility index (Phi) is 5.27. The number of hydrogen-bond donors (Lipinski definition) is 1. The molecule has 0 radical (unpaired) electrons. The van der Waals surface area contributed by atoms with E-state index in [1.807, 2.05) is 6.07 Å². The summed E-state index contributed by atoms with van der Waals surface area (Å²) in [6.07, 6.45) is 3.26. The topological polar surface area (TPSA) is 86.8 Å². The van der Waals surface area contributed by atoms with E-state index < -0.39 is 30.3 Å². The van der Waals surface area contributed by atoms with Gasteiger partial charge in [0.05, 0.1) is 6.04 Å². The first kappa shape index (κ1) is 18.4. The molecule has 1 atom stereocenters. The lowest BCUT2D eigenvalue weighted by Gasteiger charge is -2.21. The molecule has 1 saturated carbocycles. The van der Waals surface area contributed by atoms with Crippen LogP contribution in [0.4, 0.5) is 4.79 Å². The summed E-state index contributed by atoms with van der Waals surface area (Å²) in [6, 6.07) is 5.75. The van der Waals surface area contributed by atoms with Gasteiger partial charge in [-0.15, -0.1) is 0 Å². The zero-order valence-electron chi connectivity index (χ0n) is 14.4. The van der Waals surface area contributed by atoms with Crippen molar-refractivity contribution in [2.75, 3.05) is 6.54 Å². The van der Waals surface area contributed by atoms with Crippen LogP contribution in [0.3, 0.4) is 0 Å². The molecule has 0 aromatic heterocycles. The first-order valence-corrected chi connectivity index (χ1v) is 9.00. The number of benzene rings is 1. The molecule has 1 aromatic carbocycles. The van der Waals surface area contributed by atoms with Crippen LogP contribution in [0.1, 0.15) is 44.2 Å². The summed E-state index contributed by atoms with van der Waals surface area (Å²) in [5.74, 6) is -2.29. The molecule has 5 amide bonds. The molecule has 1 heterocycles. The van der Waals surface area contributed by atoms with Crippen molar-refractivity contribution < 1.29 is 19.2 Å². The summed E-state index contributed by atoms with van der Waals surface area (Å²) in [4.78, 5) is 50.8. The second kappa shape index (κ2) is 7.45. The highest BCUT2D eigenvalue weighted by Crippen LogP contribution is 2.27. The van der Waals surface area contributed by atoms with Gasteiger partial charge in [0.2, 0.25) is 5.91 Å². The van der Waals surface area contributed by atoms with E-state index in [4.69, 9.17) is 11.6 Å². The standard InChI is InChI=1S/C18H20ClN3O4/c1-11(12-5-4-6-13(19)9-12)20-15(23)10-21-16(24)17(25)22(18(21)26)14-7-2-3-8-14/h4-6,9,11,14H,2-3,7-8,10H2,1H3,(H,20,23)/t11-/m1/s1. The van der Waals surface area contributed by atoms with Gasteiger partial charge in [-0.3, -0.25) is 19.3 Å². The maximum absolute atomic E-state index is 12.5. The molecule has 138 valence electrons. The number of hydrogen-bond acceptors (Lipinski definition) is 4. The van der Waals surface area contributed by atoms with Crippen LogP contribution in [0.2, 0.25) is 5.02 Å². The zero-order chi connectivity index (χ0) is 18.8. The van der Waals surface area contributed by atoms with Crippen molar-refractivity contribution in [3.05, 3.63) is 34.9 Å². The van der Waals surface area contributed by atoms with E-state index in [2.05, 4.69) is 5.32 Å². The summed E-state index contributed by atoms with van der Waals surface area (Å²) in [6.45, 7) is 1.30. The number of urea groups is 1. The lowest BCUT2D eigenvalue weighted by Crippen LogP contribution is -2.43. The normalized spacial score (nSPS) is 19.4. The predicted molar refractivity (Wildman–Crippen MR) is 94.2 cm³/mol. The fraction of sp³-hybridized carbons (Fsp3) is 0.444. The second-order valence-corrected chi connectivity index (χ2v) is 7.07. The van der Waals surface area contributed by atoms with Crippen molar-refractivity contribution >= 4 is 35.4 Å². The number of imide groups is 2. The highest BCUT2D eigenvalue weighted by molar-refractivity contribution is 6.45. The maximum atomic E-state index is 12.5. The quantitative estimate of drug-likeness (QED) is 0.629. The first-order valence-electron chi connectivity index (χ1n) is 8.62. The Hall–Kier alpha value is -2.41. The summed E-state index contributed by atoms with van der Waals surface area (Å²) in [5.41, 5.74) is 0.800. The highest BCUT2D eigenvalue weighted by atomic mass is 35.5. The van der Waals surface area contributed by atoms with Crippen molar-refractivity contribution in [2.24, 2.45) is 0 Å². The molecule has 0 bridgehead atoms. The predicted octanol–water partition coefficient (Wildman–Crippen LogP) is 2.25. The monoisotopic (exact) mass is 377 g/mol. The third kappa shape index (κ3) is 3.58. The smallest absolute Gasteiger partial charge is 0.334 e. The van der Waals surface area contributed by atoms with E-state index in [1.54, 1.807) is 25.1 Å². The van der Waals surface area contributed by atoms with Crippen molar-refractivity contribution in [2.45, 2.75) is 44.7 Å². The number of nitrogens with one attached hydrogen (secondary N) is 1. The fourth-order valence-electron chi connectivity index (χ4n) is 3.44. The SMILES string of the molecule is C[C@@H](NC(=O)CN1C(=O)C(=O)N(C2CCCC2)C1=O)c1cccc(Cl)c1. The summed E-state index contributed by atoms with van der Waals surface area (Å²) < 4.78 is 0. The average molecular weight is 378 g/mol. The van der Waals surface area contributed by atoms with Crippen molar-refractivity contribution in [3.8, 4) is 0 Å². The van der Waals surface area contributed by atoms with Gasteiger partial charge >= 0.3 is 17.8 Å². The minimum atomic E-state index is -0.938. The molecule has 1 aromatic rings. The van der Waals surface area contributed by atoms with Gasteiger partial charge in [-0.05, 0) is 37.5 Å². The van der Waals surface area contributed by atoms with Crippen LogP contribution < -0.4 is 5.32 Å². The molecule has 0 unspecified atom stereocenters. The van der Waals surface area contributed by atoms with E-state index in [-0.39, 0.29) is 12.1 Å². The van der Waals surface area contributed by atoms with Gasteiger partial charge in [0.25, 0.3) is 0 Å². The van der Waals surface area contributed by atoms with Crippen molar-refractivity contribution in [3.63, 3.8) is 0 Å². The Morgan fingerprint density at radius 2 is 1.92 bits per heavy atom. The number of rotatable bonds is 5. The molecule has 1 aliphatic heterocycles. The molecule has 1 aliphatic carbocycles. The Labute approximate surface area is 156 Å². The van der Waals surface area contributed by atoms with Crippen LogP contribution in [0.5, 0.6) is 0 Å². The molecule has 1 saturated heterocycles. The van der Waals surface area contributed by atoms with E-state index >= 15 is 0 Å². The number of carbonyl (C=O) groups is 4. The van der Waals surface area contributed by atoms with Gasteiger partial charge in [0, 0.05) is 11.1 Å². The van der Waals surface area contributed by atoms with E-state index in [9.17, 15) is 19.2 Å². The van der Waals surface area contributed by atoms with Gasteiger partial charge in [-0.25, -0.2) is 9.69 Å². The fourth-order valence-corrected chi connectivity index (χ4v) is 3.63. The molecular weight excluding hydrogens is 358 g/mol. The number of amides is 5. The molecule has 1 N–H and O–H groups in total. The first-order chi connectivity index (χ1) is 12.4. The number of halogens is 1. The molecular formula is C18H20ClN3O4. The minimum absolute atomic E-state index is 0.239. The zero-order valence-corrected chi connectivity index (χ0v) is 15.2. The lowest BCUT2D eigenvalue weighted by atomic mass is 10.1. The van der Waals surface area contributed by atoms with Gasteiger partial charge in [0.15, 0.2) is 0 Å². The van der Waals surface area contributed by atoms with E-state index in [0.29, 0.717) is 17.9 Å². The molecule has 7 nitrogen and oxygen atoms in total. The highest BCUT2D eigenvalue weighted by Gasteiger charge is 2.48. The van der Waals surface area contributed by atoms with Crippen molar-refractivity contribution in [1.82, 2.24) is 15.1 Å². The van der Waals surface area contributed by atoms with Crippen LogP contribution in [0, 0.1) is 0 Å². The van der Waals surface area contributed by atoms with Crippen LogP contribution in [0.25, 0.3) is 0 Å². The Balaban J connectivity index is 1.64. The third-order valence-corrected chi connectivity index (χ3v) is 5.04. The van der Waals surface area contributed by atoms with Gasteiger partial charge in [-0.2, -0.15) is 0 Å². The summed E-state index contributed by atoms with van der Waals surface area (Å²) in [7, 11) is 0. The van der Waals surface area contributed by atoms with Crippen LogP contribution in [-0.2, 0) is 14.4 Å². The summed E-state index contributed by atoms with van der Waals surface area (Å²) in [5, 5.41) is 3.26. The van der Waals surface area contributed by atoms with Gasteiger partial charge in [-0.1, -0.05) is 36.6 Å². The minimum Gasteiger partial charge on any atom is -0.348 e. The average Bonchev–Trinajstić information content (AvgIpc) is 3.18. The molecule has 0 spiro atoms. The van der Waals surface area contributed by atoms with E-state index in [1.165, 1.54) is 0 Å². The summed E-state index contributed by atoms with van der Waals surface area (Å²) >= 11 is 5.94. The number of carbonyl (C=O) groups excluding carboxylic acids is 4. The second-order valence-electron chi connectivity index (χ2n) is 6.63. The van der Waals surface area contributed by atoms with Gasteiger partial charge < -0.3 is 5.32 Å². The molecule has 3 rings (SSSR count). The largest absolute Gasteiger partial charge is 0.348 e. The molecule has 2 fully saturated rings. The Morgan fingerprint density at radius 3 is 2.58 bits per heavy atom. The molecule has 2 aliphatic rings. The van der Waals surface area contributed by atoms with E-state index in [0.717, 1.165) is 28.2 Å². The van der Waals surface area contributed by atoms with Crippen molar-refractivity contribution in [1.29, 1.82) is 0 Å². The molecule has 26 heavy (non-hydrogen) atoms. The maximum Gasteiger partial charge on any atom is 0.334 e.